The highest BCUT2D eigenvalue weighted by molar-refractivity contribution is 7.80. The molecule has 5 heteroatoms. The Balaban J connectivity index is 1.97. The average molecular weight is 266 g/mol. The van der Waals surface area contributed by atoms with E-state index in [-0.39, 0.29) is 0 Å². The lowest BCUT2D eigenvalue weighted by atomic mass is 10.0. The summed E-state index contributed by atoms with van der Waals surface area (Å²) in [6.45, 7) is 2.91. The summed E-state index contributed by atoms with van der Waals surface area (Å²) in [5, 5.41) is 7.81. The summed E-state index contributed by atoms with van der Waals surface area (Å²) >= 11 is 5.09. The normalized spacial score (nSPS) is 16.1. The number of aryl methyl sites for hydroxylation is 2. The fourth-order valence-electron chi connectivity index (χ4n) is 2.85. The van der Waals surface area contributed by atoms with Crippen LogP contribution in [-0.2, 0) is 7.05 Å². The molecule has 2 rings (SSSR count). The molecule has 3 N–H and O–H groups in total. The molecule has 1 saturated carbocycles. The first kappa shape index (κ1) is 13.3. The molecule has 0 saturated heterocycles. The van der Waals surface area contributed by atoms with Crippen LogP contribution in [0, 0.1) is 12.8 Å². The van der Waals surface area contributed by atoms with Crippen molar-refractivity contribution < 1.29 is 0 Å². The van der Waals surface area contributed by atoms with E-state index in [4.69, 9.17) is 18.0 Å². The van der Waals surface area contributed by atoms with Gasteiger partial charge in [0.25, 0.3) is 0 Å². The molecule has 1 aliphatic rings. The zero-order valence-corrected chi connectivity index (χ0v) is 12.0. The maximum absolute atomic E-state index is 5.76. The minimum absolute atomic E-state index is 0.420. The smallest absolute Gasteiger partial charge is 0.134 e. The molecule has 4 nitrogen and oxygen atoms in total. The van der Waals surface area contributed by atoms with Gasteiger partial charge in [-0.05, 0) is 19.3 Å². The first-order valence-corrected chi connectivity index (χ1v) is 7.07. The van der Waals surface area contributed by atoms with E-state index in [0.29, 0.717) is 4.99 Å². The fraction of sp³-hybridized carbons (Fsp3) is 0.692. The van der Waals surface area contributed by atoms with Gasteiger partial charge in [0.15, 0.2) is 0 Å². The van der Waals surface area contributed by atoms with Crippen molar-refractivity contribution in [3.63, 3.8) is 0 Å². The van der Waals surface area contributed by atoms with Crippen LogP contribution in [-0.4, -0.2) is 21.3 Å². The number of nitrogens with one attached hydrogen (secondary N) is 1. The Bertz CT molecular complexity index is 432. The van der Waals surface area contributed by atoms with Crippen LogP contribution in [0.15, 0.2) is 0 Å². The summed E-state index contributed by atoms with van der Waals surface area (Å²) in [7, 11) is 1.92. The summed E-state index contributed by atoms with van der Waals surface area (Å²) in [5.41, 5.74) is 7.55. The van der Waals surface area contributed by atoms with Crippen molar-refractivity contribution in [2.24, 2.45) is 18.7 Å². The molecule has 1 aromatic heterocycles. The Labute approximate surface area is 114 Å². The molecule has 1 aliphatic carbocycles. The molecule has 0 bridgehead atoms. The topological polar surface area (TPSA) is 55.9 Å². The first-order valence-electron chi connectivity index (χ1n) is 6.67. The SMILES string of the molecule is Cc1nn(C)c(NCCC2CCCC2)c1C(N)=S. The van der Waals surface area contributed by atoms with Gasteiger partial charge in [-0.15, -0.1) is 0 Å². The number of hydrogen-bond donors (Lipinski definition) is 2. The van der Waals surface area contributed by atoms with E-state index >= 15 is 0 Å². The Morgan fingerprint density at radius 2 is 2.17 bits per heavy atom. The highest BCUT2D eigenvalue weighted by Gasteiger charge is 2.17. The second-order valence-electron chi connectivity index (χ2n) is 5.16. The van der Waals surface area contributed by atoms with Crippen molar-refractivity contribution in [3.05, 3.63) is 11.3 Å². The van der Waals surface area contributed by atoms with E-state index in [1.54, 1.807) is 0 Å². The maximum atomic E-state index is 5.76. The van der Waals surface area contributed by atoms with Crippen molar-refractivity contribution >= 4 is 23.0 Å². The van der Waals surface area contributed by atoms with Gasteiger partial charge in [-0.3, -0.25) is 4.68 Å². The van der Waals surface area contributed by atoms with Crippen LogP contribution < -0.4 is 11.1 Å². The summed E-state index contributed by atoms with van der Waals surface area (Å²) in [4.78, 5) is 0.420. The molecular weight excluding hydrogens is 244 g/mol. The number of nitrogens with zero attached hydrogens (tertiary/aromatic N) is 2. The first-order chi connectivity index (χ1) is 8.59. The molecule has 0 unspecified atom stereocenters. The molecule has 1 aromatic rings. The molecule has 0 radical (unpaired) electrons. The lowest BCUT2D eigenvalue weighted by molar-refractivity contribution is 0.517. The van der Waals surface area contributed by atoms with Crippen LogP contribution in [0.5, 0.6) is 0 Å². The molecule has 18 heavy (non-hydrogen) atoms. The van der Waals surface area contributed by atoms with E-state index in [9.17, 15) is 0 Å². The van der Waals surface area contributed by atoms with Gasteiger partial charge in [-0.25, -0.2) is 0 Å². The molecule has 0 atom stereocenters. The monoisotopic (exact) mass is 266 g/mol. The quantitative estimate of drug-likeness (QED) is 0.803. The minimum Gasteiger partial charge on any atom is -0.389 e. The number of hydrogen-bond acceptors (Lipinski definition) is 3. The molecule has 0 aromatic carbocycles. The van der Waals surface area contributed by atoms with E-state index in [0.717, 1.165) is 29.5 Å². The number of thiocarbonyl (C=S) groups is 1. The van der Waals surface area contributed by atoms with Gasteiger partial charge in [0.05, 0.1) is 11.3 Å². The Kier molecular flexibility index (Phi) is 4.22. The third-order valence-electron chi connectivity index (χ3n) is 3.79. The van der Waals surface area contributed by atoms with E-state index in [1.165, 1.54) is 32.1 Å². The standard InChI is InChI=1S/C13H22N4S/c1-9-11(12(14)18)13(17(2)16-9)15-8-7-10-5-3-4-6-10/h10,15H,3-8H2,1-2H3,(H2,14,18). The number of rotatable bonds is 5. The van der Waals surface area contributed by atoms with Gasteiger partial charge < -0.3 is 11.1 Å². The summed E-state index contributed by atoms with van der Waals surface area (Å²) in [5.74, 6) is 1.85. The van der Waals surface area contributed by atoms with Gasteiger partial charge in [0.1, 0.15) is 10.8 Å². The van der Waals surface area contributed by atoms with Crippen LogP contribution >= 0.6 is 12.2 Å². The minimum atomic E-state index is 0.420. The third kappa shape index (κ3) is 2.83. The summed E-state index contributed by atoms with van der Waals surface area (Å²) in [6, 6.07) is 0. The van der Waals surface area contributed by atoms with Gasteiger partial charge in [0.2, 0.25) is 0 Å². The molecule has 0 amide bonds. The maximum Gasteiger partial charge on any atom is 0.134 e. The number of nitrogens with two attached hydrogens (primary N) is 1. The van der Waals surface area contributed by atoms with Crippen LogP contribution in [0.25, 0.3) is 0 Å². The average Bonchev–Trinajstić information content (AvgIpc) is 2.87. The zero-order valence-electron chi connectivity index (χ0n) is 11.2. The lowest BCUT2D eigenvalue weighted by Gasteiger charge is -2.12. The Morgan fingerprint density at radius 1 is 1.50 bits per heavy atom. The van der Waals surface area contributed by atoms with Gasteiger partial charge in [0, 0.05) is 13.6 Å². The van der Waals surface area contributed by atoms with Crippen molar-refractivity contribution in [1.82, 2.24) is 9.78 Å². The predicted molar refractivity (Wildman–Crippen MR) is 78.9 cm³/mol. The molecular formula is C13H22N4S. The third-order valence-corrected chi connectivity index (χ3v) is 3.99. The van der Waals surface area contributed by atoms with Crippen LogP contribution in [0.4, 0.5) is 5.82 Å². The zero-order chi connectivity index (χ0) is 13.1. The van der Waals surface area contributed by atoms with Gasteiger partial charge >= 0.3 is 0 Å². The van der Waals surface area contributed by atoms with Crippen molar-refractivity contribution in [3.8, 4) is 0 Å². The van der Waals surface area contributed by atoms with Crippen molar-refractivity contribution in [1.29, 1.82) is 0 Å². The molecule has 1 heterocycles. The second kappa shape index (κ2) is 5.69. The van der Waals surface area contributed by atoms with E-state index in [2.05, 4.69) is 10.4 Å². The van der Waals surface area contributed by atoms with Crippen LogP contribution in [0.2, 0.25) is 0 Å². The number of aromatic nitrogens is 2. The van der Waals surface area contributed by atoms with E-state index < -0.39 is 0 Å². The highest BCUT2D eigenvalue weighted by atomic mass is 32.1. The molecule has 0 spiro atoms. The predicted octanol–water partition coefficient (Wildman–Crippen LogP) is 2.35. The van der Waals surface area contributed by atoms with Crippen LogP contribution in [0.1, 0.15) is 43.4 Å². The second-order valence-corrected chi connectivity index (χ2v) is 5.60. The largest absolute Gasteiger partial charge is 0.389 e. The summed E-state index contributed by atoms with van der Waals surface area (Å²) < 4.78 is 1.83. The Hall–Kier alpha value is -1.10. The highest BCUT2D eigenvalue weighted by Crippen LogP contribution is 2.27. The van der Waals surface area contributed by atoms with Gasteiger partial charge in [-0.1, -0.05) is 37.9 Å². The number of anilines is 1. The lowest BCUT2D eigenvalue weighted by Crippen LogP contribution is -2.16. The van der Waals surface area contributed by atoms with E-state index in [1.807, 2.05) is 18.7 Å². The van der Waals surface area contributed by atoms with Crippen molar-refractivity contribution in [2.45, 2.75) is 39.0 Å². The summed E-state index contributed by atoms with van der Waals surface area (Å²) in [6.07, 6.45) is 6.78. The van der Waals surface area contributed by atoms with Gasteiger partial charge in [-0.2, -0.15) is 5.10 Å². The molecule has 0 aliphatic heterocycles. The molecule has 1 fully saturated rings. The Morgan fingerprint density at radius 3 is 2.78 bits per heavy atom. The fourth-order valence-corrected chi connectivity index (χ4v) is 3.09. The molecule has 100 valence electrons. The van der Waals surface area contributed by atoms with Crippen LogP contribution in [0.3, 0.4) is 0 Å². The van der Waals surface area contributed by atoms with Crippen molar-refractivity contribution in [2.75, 3.05) is 11.9 Å².